The number of anilines is 1. The number of benzene rings is 4. The number of carbonyl (C=O) groups is 1. The number of hydrogen-bond acceptors (Lipinski definition) is 9. The zero-order valence-electron chi connectivity index (χ0n) is 29.7. The molecule has 0 bridgehead atoms. The molecule has 1 aliphatic rings. The van der Waals surface area contributed by atoms with E-state index >= 15 is 0 Å². The van der Waals surface area contributed by atoms with Gasteiger partial charge in [-0.25, -0.2) is 9.48 Å². The number of nitrogens with zero attached hydrogens (tertiary/aromatic N) is 3. The molecule has 0 aliphatic heterocycles. The fraction of sp³-hybridized carbons (Fsp3) is 0.317. The van der Waals surface area contributed by atoms with Crippen molar-refractivity contribution in [3.05, 3.63) is 118 Å². The Morgan fingerprint density at radius 2 is 1.79 bits per heavy atom. The summed E-state index contributed by atoms with van der Waals surface area (Å²) in [6.45, 7) is 1.45. The van der Waals surface area contributed by atoms with Gasteiger partial charge in [-0.3, -0.25) is 10.1 Å². The van der Waals surface area contributed by atoms with Crippen LogP contribution in [-0.2, 0) is 24.2 Å². The van der Waals surface area contributed by atoms with Gasteiger partial charge in [-0.15, -0.1) is 5.10 Å². The fourth-order valence-corrected chi connectivity index (χ4v) is 7.22. The van der Waals surface area contributed by atoms with Crippen LogP contribution >= 0.6 is 0 Å². The quantitative estimate of drug-likeness (QED) is 0.0819. The molecule has 2 heterocycles. The van der Waals surface area contributed by atoms with E-state index in [0.717, 1.165) is 77.5 Å². The Morgan fingerprint density at radius 3 is 2.60 bits per heavy atom. The number of ether oxygens (including phenoxy) is 1. The van der Waals surface area contributed by atoms with Crippen molar-refractivity contribution in [2.75, 3.05) is 18.9 Å². The number of fused-ring (bicyclic) bond motifs is 2. The second kappa shape index (κ2) is 16.4. The smallest absolute Gasteiger partial charge is 0.411 e. The Bertz CT molecular complexity index is 2250. The molecule has 12 nitrogen and oxygen atoms in total. The third kappa shape index (κ3) is 8.57. The van der Waals surface area contributed by atoms with Crippen molar-refractivity contribution in [2.24, 2.45) is 0 Å². The minimum absolute atomic E-state index is 0.0427. The van der Waals surface area contributed by atoms with Crippen LogP contribution in [0, 0.1) is 0 Å². The summed E-state index contributed by atoms with van der Waals surface area (Å²) in [6, 6.07) is 28.9. The van der Waals surface area contributed by atoms with Crippen LogP contribution in [0.2, 0.25) is 0 Å². The molecule has 12 heteroatoms. The molecule has 4 aromatic carbocycles. The molecule has 53 heavy (non-hydrogen) atoms. The van der Waals surface area contributed by atoms with Gasteiger partial charge in [0.2, 0.25) is 5.56 Å². The number of nitrogens with one attached hydrogen (secondary N) is 4. The van der Waals surface area contributed by atoms with E-state index in [4.69, 9.17) is 4.74 Å². The number of aryl methyl sites for hydroxylation is 2. The summed E-state index contributed by atoms with van der Waals surface area (Å²) in [5.74, 6) is -0.0427. The van der Waals surface area contributed by atoms with Gasteiger partial charge in [0, 0.05) is 42.7 Å². The number of carbonyl (C=O) groups excluding carboxylic acids is 1. The lowest BCUT2D eigenvalue weighted by atomic mass is 9.93. The van der Waals surface area contributed by atoms with Gasteiger partial charge in [0.05, 0.1) is 22.8 Å². The Labute approximate surface area is 307 Å². The van der Waals surface area contributed by atoms with Crippen LogP contribution in [0.4, 0.5) is 10.5 Å². The average Bonchev–Trinajstić information content (AvgIpc) is 3.58. The topological polar surface area (TPSA) is 166 Å². The number of hydrogen-bond donors (Lipinski definition) is 6. The van der Waals surface area contributed by atoms with Crippen LogP contribution in [-0.4, -0.2) is 62.0 Å². The van der Waals surface area contributed by atoms with Crippen molar-refractivity contribution >= 4 is 33.7 Å². The molecular weight excluding hydrogens is 670 g/mol. The minimum atomic E-state index is -0.850. The van der Waals surface area contributed by atoms with Gasteiger partial charge < -0.3 is 30.6 Å². The van der Waals surface area contributed by atoms with Crippen LogP contribution < -0.4 is 21.5 Å². The summed E-state index contributed by atoms with van der Waals surface area (Å²) in [5.41, 5.74) is 7.12. The van der Waals surface area contributed by atoms with E-state index in [-0.39, 0.29) is 24.0 Å². The number of amides is 1. The molecule has 0 saturated heterocycles. The van der Waals surface area contributed by atoms with E-state index in [9.17, 15) is 19.8 Å². The highest BCUT2D eigenvalue weighted by molar-refractivity contribution is 5.92. The normalized spacial score (nSPS) is 16.5. The van der Waals surface area contributed by atoms with Crippen LogP contribution in [0.15, 0.2) is 95.8 Å². The van der Waals surface area contributed by atoms with Crippen molar-refractivity contribution in [1.29, 1.82) is 0 Å². The van der Waals surface area contributed by atoms with Gasteiger partial charge in [0.15, 0.2) is 0 Å². The monoisotopic (exact) mass is 715 g/mol. The lowest BCUT2D eigenvalue weighted by Gasteiger charge is -2.28. The molecule has 1 fully saturated rings. The zero-order valence-corrected chi connectivity index (χ0v) is 29.7. The van der Waals surface area contributed by atoms with E-state index < -0.39 is 12.2 Å². The molecule has 0 spiro atoms. The Morgan fingerprint density at radius 1 is 0.981 bits per heavy atom. The van der Waals surface area contributed by atoms with E-state index in [0.29, 0.717) is 35.6 Å². The largest absolute Gasteiger partial charge is 0.506 e. The Kier molecular flexibility index (Phi) is 11.1. The van der Waals surface area contributed by atoms with E-state index in [1.165, 1.54) is 12.1 Å². The number of aliphatic hydroxyl groups excluding tert-OH is 1. The van der Waals surface area contributed by atoms with Gasteiger partial charge in [-0.2, -0.15) is 0 Å². The lowest BCUT2D eigenvalue weighted by molar-refractivity contribution is 0.0800. The molecule has 0 unspecified atom stereocenters. The molecule has 6 N–H and O–H groups in total. The Balaban J connectivity index is 0.951. The van der Waals surface area contributed by atoms with E-state index in [2.05, 4.69) is 43.4 Å². The molecular formula is C41H45N7O5. The maximum Gasteiger partial charge on any atom is 0.411 e. The second-order valence-electron chi connectivity index (χ2n) is 13.7. The van der Waals surface area contributed by atoms with Crippen molar-refractivity contribution in [3.8, 4) is 16.9 Å². The summed E-state index contributed by atoms with van der Waals surface area (Å²) in [5, 5.41) is 40.1. The molecule has 1 aliphatic carbocycles. The first-order valence-corrected chi connectivity index (χ1v) is 18.2. The van der Waals surface area contributed by atoms with E-state index in [1.807, 2.05) is 66.3 Å². The van der Waals surface area contributed by atoms with Gasteiger partial charge >= 0.3 is 6.09 Å². The van der Waals surface area contributed by atoms with Crippen LogP contribution in [0.5, 0.6) is 5.75 Å². The van der Waals surface area contributed by atoms with Crippen molar-refractivity contribution in [1.82, 2.24) is 30.6 Å². The number of aromatic hydroxyl groups is 1. The molecule has 0 radical (unpaired) electrons. The lowest BCUT2D eigenvalue weighted by Crippen LogP contribution is -2.34. The molecule has 1 saturated carbocycles. The third-order valence-electron chi connectivity index (χ3n) is 10.1. The number of phenolic OH excluding ortho intramolecular Hbond substituents is 1. The highest BCUT2D eigenvalue weighted by Gasteiger charge is 2.23. The van der Waals surface area contributed by atoms with Crippen molar-refractivity contribution in [2.45, 2.75) is 69.9 Å². The molecule has 7 rings (SSSR count). The van der Waals surface area contributed by atoms with Crippen LogP contribution in [0.1, 0.15) is 54.9 Å². The zero-order chi connectivity index (χ0) is 36.7. The second-order valence-corrected chi connectivity index (χ2v) is 13.7. The predicted molar refractivity (Wildman–Crippen MR) is 206 cm³/mol. The number of H-pyrrole nitrogens is 1. The summed E-state index contributed by atoms with van der Waals surface area (Å²) < 4.78 is 7.75. The average molecular weight is 716 g/mol. The summed E-state index contributed by atoms with van der Waals surface area (Å²) in [6.07, 6.45) is 3.97. The molecule has 1 amide bonds. The number of rotatable bonds is 13. The first-order chi connectivity index (χ1) is 25.8. The molecule has 274 valence electrons. The highest BCUT2D eigenvalue weighted by Crippen LogP contribution is 2.31. The maximum atomic E-state index is 13.1. The molecule has 2 aromatic heterocycles. The summed E-state index contributed by atoms with van der Waals surface area (Å²) in [4.78, 5) is 27.4. The van der Waals surface area contributed by atoms with Gasteiger partial charge in [0.1, 0.15) is 17.4 Å². The standard InChI is InChI=1S/C41H45N7O5/c1-42-29-11-13-30(14-12-29)53-41(52)44-34-22-26(9-15-31(34)28-7-3-2-4-8-28)6-5-21-48-36-18-10-27(23-35(36)46-47-48)24-43-25-38(50)32-16-19-37(49)40-33(32)17-20-39(51)45-40/h2-4,7-10,15-20,22-23,29-30,38,42-43,49-50H,5-6,11-14,21,24-25H2,1H3,(H,44,52)(H,45,51)/t29?,30?,38-/m1/s1. The number of pyridine rings is 1. The number of aromatic amines is 1. The third-order valence-corrected chi connectivity index (χ3v) is 10.1. The number of aromatic nitrogens is 4. The first kappa shape index (κ1) is 35.8. The van der Waals surface area contributed by atoms with Crippen LogP contribution in [0.25, 0.3) is 33.1 Å². The first-order valence-electron chi connectivity index (χ1n) is 18.2. The minimum Gasteiger partial charge on any atom is -0.506 e. The molecule has 1 atom stereocenters. The van der Waals surface area contributed by atoms with Gasteiger partial charge in [-0.05, 0) is 98.2 Å². The van der Waals surface area contributed by atoms with E-state index in [1.54, 1.807) is 12.1 Å². The van der Waals surface area contributed by atoms with Crippen LogP contribution in [0.3, 0.4) is 0 Å². The Hall–Kier alpha value is -5.56. The highest BCUT2D eigenvalue weighted by atomic mass is 16.6. The maximum absolute atomic E-state index is 13.1. The van der Waals surface area contributed by atoms with Crippen molar-refractivity contribution in [3.63, 3.8) is 0 Å². The van der Waals surface area contributed by atoms with Crippen molar-refractivity contribution < 1.29 is 19.7 Å². The summed E-state index contributed by atoms with van der Waals surface area (Å²) >= 11 is 0. The fourth-order valence-electron chi connectivity index (χ4n) is 7.22. The number of aliphatic hydroxyl groups is 1. The predicted octanol–water partition coefficient (Wildman–Crippen LogP) is 6.18. The SMILES string of the molecule is CNC1CCC(OC(=O)Nc2cc(CCCn3nnc4cc(CNC[C@@H](O)c5ccc(O)c6[nH]c(=O)ccc56)ccc43)ccc2-c2ccccc2)CC1. The number of phenols is 1. The molecule has 6 aromatic rings. The van der Waals surface area contributed by atoms with Gasteiger partial charge in [0.25, 0.3) is 0 Å². The van der Waals surface area contributed by atoms with Gasteiger partial charge in [-0.1, -0.05) is 59.8 Å². The summed E-state index contributed by atoms with van der Waals surface area (Å²) in [7, 11) is 1.98.